The lowest BCUT2D eigenvalue weighted by atomic mass is 9.98. The van der Waals surface area contributed by atoms with E-state index in [0.717, 1.165) is 11.1 Å². The van der Waals surface area contributed by atoms with E-state index in [0.29, 0.717) is 17.1 Å². The monoisotopic (exact) mass is 627 g/mol. The molecular formula is C34H33N3O9. The zero-order valence-electron chi connectivity index (χ0n) is 24.8. The van der Waals surface area contributed by atoms with E-state index in [1.165, 1.54) is 7.11 Å². The molecule has 0 unspecified atom stereocenters. The van der Waals surface area contributed by atoms with Gasteiger partial charge in [-0.2, -0.15) is 0 Å². The van der Waals surface area contributed by atoms with Crippen LogP contribution in [0.25, 0.3) is 11.1 Å². The minimum Gasteiger partial charge on any atom is -0.439 e. The number of ether oxygens (including phenoxy) is 5. The van der Waals surface area contributed by atoms with Crippen molar-refractivity contribution < 1.29 is 43.2 Å². The fourth-order valence-corrected chi connectivity index (χ4v) is 4.93. The molecule has 3 amide bonds. The Balaban J connectivity index is 1.41. The summed E-state index contributed by atoms with van der Waals surface area (Å²) < 4.78 is 28.4. The lowest BCUT2D eigenvalue weighted by Crippen LogP contribution is -2.63. The molecule has 4 aromatic carbocycles. The van der Waals surface area contributed by atoms with E-state index in [2.05, 4.69) is 16.0 Å². The average Bonchev–Trinajstić information content (AvgIpc) is 3.07. The van der Waals surface area contributed by atoms with E-state index in [4.69, 9.17) is 23.7 Å². The van der Waals surface area contributed by atoms with Crippen LogP contribution in [0.5, 0.6) is 0 Å². The highest BCUT2D eigenvalue weighted by atomic mass is 16.7. The number of methoxy groups -OCH3 is 1. The number of nitrogens with one attached hydrogen (secondary N) is 3. The summed E-state index contributed by atoms with van der Waals surface area (Å²) in [4.78, 5) is 39.5. The molecule has 4 N–H and O–H groups in total. The van der Waals surface area contributed by atoms with Crippen LogP contribution in [0.15, 0.2) is 115 Å². The summed E-state index contributed by atoms with van der Waals surface area (Å²) in [6.45, 7) is -0.651. The number of aliphatic hydroxyl groups excluding tert-OH is 1. The summed E-state index contributed by atoms with van der Waals surface area (Å²) in [6, 6.07) is 33.6. The van der Waals surface area contributed by atoms with Crippen LogP contribution in [0, 0.1) is 0 Å². The van der Waals surface area contributed by atoms with Gasteiger partial charge in [0.2, 0.25) is 0 Å². The van der Waals surface area contributed by atoms with Crippen LogP contribution in [-0.2, 0) is 23.7 Å². The molecule has 1 aliphatic rings. The first kappa shape index (κ1) is 32.0. The number of carbonyl (C=O) groups excluding carboxylic acids is 3. The molecule has 5 rings (SSSR count). The number of anilines is 3. The fraction of sp³-hybridized carbons (Fsp3) is 0.206. The lowest BCUT2D eigenvalue weighted by molar-refractivity contribution is -0.290. The van der Waals surface area contributed by atoms with Crippen LogP contribution < -0.4 is 16.0 Å². The minimum absolute atomic E-state index is 0.425. The third kappa shape index (κ3) is 8.18. The summed E-state index contributed by atoms with van der Waals surface area (Å²) in [5, 5.41) is 18.1. The smallest absolute Gasteiger partial charge is 0.412 e. The zero-order valence-corrected chi connectivity index (χ0v) is 24.8. The van der Waals surface area contributed by atoms with Gasteiger partial charge in [0.15, 0.2) is 24.6 Å². The molecule has 238 valence electrons. The average molecular weight is 628 g/mol. The number of carbonyl (C=O) groups is 3. The lowest BCUT2D eigenvalue weighted by Gasteiger charge is -2.43. The molecule has 4 aromatic rings. The maximum atomic E-state index is 13.4. The Labute approximate surface area is 265 Å². The largest absolute Gasteiger partial charge is 0.439 e. The van der Waals surface area contributed by atoms with E-state index >= 15 is 0 Å². The zero-order chi connectivity index (χ0) is 32.3. The van der Waals surface area contributed by atoms with Gasteiger partial charge >= 0.3 is 18.3 Å². The Bertz CT molecular complexity index is 1590. The quantitative estimate of drug-likeness (QED) is 0.167. The highest BCUT2D eigenvalue weighted by Crippen LogP contribution is 2.31. The first-order chi connectivity index (χ1) is 22.4. The molecule has 0 aliphatic carbocycles. The molecule has 5 atom stereocenters. The standard InChI is InChI=1S/C34H33N3O9/c1-42-31-30(46-33(40)36-24-17-9-4-10-18-24)29(45-32(39)35-23-15-7-3-8-16-23)28(27(21-38)43-31)44-34(41)37-26-20-12-11-19-25(26)22-13-5-2-6-14-22/h2-20,27-31,38H,21H2,1H3,(H,35,39)(H,36,40)(H,37,41)/t27-,28-,29+,30+,31+/m1/s1. The highest BCUT2D eigenvalue weighted by molar-refractivity contribution is 5.91. The van der Waals surface area contributed by atoms with Crippen molar-refractivity contribution in [3.05, 3.63) is 115 Å². The van der Waals surface area contributed by atoms with E-state index in [1.807, 2.05) is 42.5 Å². The third-order valence-electron chi connectivity index (χ3n) is 7.02. The number of aliphatic hydroxyl groups is 1. The van der Waals surface area contributed by atoms with E-state index < -0.39 is 55.6 Å². The number of hydrogen-bond donors (Lipinski definition) is 4. The molecule has 1 fully saturated rings. The topological polar surface area (TPSA) is 154 Å². The Morgan fingerprint density at radius 3 is 1.67 bits per heavy atom. The first-order valence-corrected chi connectivity index (χ1v) is 14.4. The van der Waals surface area contributed by atoms with Crippen molar-refractivity contribution in [2.24, 2.45) is 0 Å². The third-order valence-corrected chi connectivity index (χ3v) is 7.02. The fourth-order valence-electron chi connectivity index (χ4n) is 4.93. The maximum Gasteiger partial charge on any atom is 0.412 e. The summed E-state index contributed by atoms with van der Waals surface area (Å²) in [5.41, 5.74) is 2.89. The van der Waals surface area contributed by atoms with Gasteiger partial charge in [-0.05, 0) is 35.9 Å². The van der Waals surface area contributed by atoms with Gasteiger partial charge in [0.1, 0.15) is 6.10 Å². The summed E-state index contributed by atoms with van der Waals surface area (Å²) in [6.07, 6.45) is -9.70. The Morgan fingerprint density at radius 2 is 1.11 bits per heavy atom. The van der Waals surface area contributed by atoms with Crippen molar-refractivity contribution in [1.29, 1.82) is 0 Å². The van der Waals surface area contributed by atoms with Gasteiger partial charge in [0.05, 0.1) is 12.3 Å². The van der Waals surface area contributed by atoms with Crippen molar-refractivity contribution in [2.45, 2.75) is 30.7 Å². The summed E-state index contributed by atoms with van der Waals surface area (Å²) in [7, 11) is 1.29. The highest BCUT2D eigenvalue weighted by Gasteiger charge is 2.52. The molecule has 1 aliphatic heterocycles. The molecule has 1 heterocycles. The second-order valence-electron chi connectivity index (χ2n) is 10.1. The normalized spacial score (nSPS) is 20.5. The van der Waals surface area contributed by atoms with Crippen LogP contribution in [0.2, 0.25) is 0 Å². The molecule has 0 aromatic heterocycles. The second-order valence-corrected chi connectivity index (χ2v) is 10.1. The number of amides is 3. The van der Waals surface area contributed by atoms with Crippen molar-refractivity contribution >= 4 is 35.3 Å². The second kappa shape index (κ2) is 15.5. The molecule has 46 heavy (non-hydrogen) atoms. The molecule has 0 radical (unpaired) electrons. The van der Waals surface area contributed by atoms with Gasteiger partial charge in [-0.25, -0.2) is 14.4 Å². The van der Waals surface area contributed by atoms with Crippen LogP contribution in [0.1, 0.15) is 0 Å². The van der Waals surface area contributed by atoms with Crippen LogP contribution in [0.4, 0.5) is 31.4 Å². The van der Waals surface area contributed by atoms with E-state index in [1.54, 1.807) is 72.8 Å². The predicted molar refractivity (Wildman–Crippen MR) is 169 cm³/mol. The van der Waals surface area contributed by atoms with E-state index in [-0.39, 0.29) is 0 Å². The number of rotatable bonds is 9. The summed E-state index contributed by atoms with van der Waals surface area (Å²) in [5.74, 6) is 0. The minimum atomic E-state index is -1.49. The Morgan fingerprint density at radius 1 is 0.630 bits per heavy atom. The number of hydrogen-bond acceptors (Lipinski definition) is 9. The van der Waals surface area contributed by atoms with Gasteiger partial charge in [-0.15, -0.1) is 0 Å². The van der Waals surface area contributed by atoms with Gasteiger partial charge < -0.3 is 28.8 Å². The first-order valence-electron chi connectivity index (χ1n) is 14.4. The Kier molecular flexibility index (Phi) is 10.8. The molecule has 0 spiro atoms. The predicted octanol–water partition coefficient (Wildman–Crippen LogP) is 5.87. The molecule has 0 bridgehead atoms. The van der Waals surface area contributed by atoms with Crippen molar-refractivity contribution in [3.63, 3.8) is 0 Å². The molecule has 1 saturated heterocycles. The van der Waals surface area contributed by atoms with E-state index in [9.17, 15) is 19.5 Å². The van der Waals surface area contributed by atoms with Gasteiger partial charge in [0.25, 0.3) is 0 Å². The van der Waals surface area contributed by atoms with Crippen molar-refractivity contribution in [3.8, 4) is 11.1 Å². The maximum absolute atomic E-state index is 13.4. The molecular weight excluding hydrogens is 594 g/mol. The number of para-hydroxylation sites is 3. The van der Waals surface area contributed by atoms with Crippen LogP contribution in [0.3, 0.4) is 0 Å². The summed E-state index contributed by atoms with van der Waals surface area (Å²) >= 11 is 0. The molecule has 12 nitrogen and oxygen atoms in total. The van der Waals surface area contributed by atoms with Crippen molar-refractivity contribution in [1.82, 2.24) is 0 Å². The van der Waals surface area contributed by atoms with Gasteiger partial charge in [0, 0.05) is 24.0 Å². The molecule has 0 saturated carbocycles. The van der Waals surface area contributed by atoms with Gasteiger partial charge in [-0.3, -0.25) is 16.0 Å². The van der Waals surface area contributed by atoms with Crippen molar-refractivity contribution in [2.75, 3.05) is 29.7 Å². The van der Waals surface area contributed by atoms with Crippen LogP contribution in [-0.4, -0.2) is 67.8 Å². The molecule has 12 heteroatoms. The van der Waals surface area contributed by atoms with Gasteiger partial charge in [-0.1, -0.05) is 84.9 Å². The Hall–Kier alpha value is -5.43. The number of benzene rings is 4. The SMILES string of the molecule is CO[C@H]1O[C@H](CO)[C@@H](OC(=O)Nc2ccccc2-c2ccccc2)[C@H](OC(=O)Nc2ccccc2)[C@@H]1OC(=O)Nc1ccccc1. The van der Waals surface area contributed by atoms with Crippen LogP contribution >= 0.6 is 0 Å².